The molecule has 2 aromatic heterocycles. The summed E-state index contributed by atoms with van der Waals surface area (Å²) in [6, 6.07) is 24.7. The first-order chi connectivity index (χ1) is 17.1. The number of hydrogen-bond donors (Lipinski definition) is 1. The van der Waals surface area contributed by atoms with Gasteiger partial charge >= 0.3 is 0 Å². The molecule has 0 radical (unpaired) electrons. The average Bonchev–Trinajstić information content (AvgIpc) is 3.53. The van der Waals surface area contributed by atoms with E-state index in [4.69, 9.17) is 21.4 Å². The van der Waals surface area contributed by atoms with Crippen LogP contribution in [0.25, 0.3) is 27.5 Å². The standard InChI is InChI=1S/C26H20ClN5O2S/c1-34-21-13-7-17(8-14-21)15-23(33)28-26-30-29-25(35-26)22-16-32(20-5-3-2-4-6-20)31-24(22)18-9-11-19(27)12-10-18/h2-14,16H,15H2,1H3,(H,28,30,33). The summed E-state index contributed by atoms with van der Waals surface area (Å²) in [6.45, 7) is 0. The van der Waals surface area contributed by atoms with Gasteiger partial charge < -0.3 is 10.1 Å². The maximum absolute atomic E-state index is 12.6. The minimum Gasteiger partial charge on any atom is -0.497 e. The summed E-state index contributed by atoms with van der Waals surface area (Å²) in [5.41, 5.74) is 4.26. The topological polar surface area (TPSA) is 81.9 Å². The van der Waals surface area contributed by atoms with E-state index in [0.29, 0.717) is 15.2 Å². The highest BCUT2D eigenvalue weighted by atomic mass is 35.5. The molecule has 0 fully saturated rings. The fourth-order valence-electron chi connectivity index (χ4n) is 3.54. The van der Waals surface area contributed by atoms with Crippen molar-refractivity contribution in [2.45, 2.75) is 6.42 Å². The van der Waals surface area contributed by atoms with Gasteiger partial charge in [0.05, 0.1) is 24.8 Å². The van der Waals surface area contributed by atoms with Gasteiger partial charge in [0.25, 0.3) is 0 Å². The first-order valence-electron chi connectivity index (χ1n) is 10.8. The molecule has 0 bridgehead atoms. The maximum atomic E-state index is 12.6. The van der Waals surface area contributed by atoms with Crippen LogP contribution in [-0.4, -0.2) is 33.0 Å². The molecule has 174 valence electrons. The first kappa shape index (κ1) is 22.8. The van der Waals surface area contributed by atoms with Crippen LogP contribution in [0.2, 0.25) is 5.02 Å². The molecule has 0 atom stereocenters. The number of aromatic nitrogens is 4. The Morgan fingerprint density at radius 1 is 1.00 bits per heavy atom. The van der Waals surface area contributed by atoms with E-state index < -0.39 is 0 Å². The van der Waals surface area contributed by atoms with Gasteiger partial charge in [-0.05, 0) is 42.0 Å². The number of carbonyl (C=O) groups is 1. The van der Waals surface area contributed by atoms with E-state index in [-0.39, 0.29) is 12.3 Å². The molecule has 0 aliphatic carbocycles. The second-order valence-corrected chi connectivity index (χ2v) is 9.08. The Bertz CT molecular complexity index is 1450. The Hall–Kier alpha value is -4.01. The first-order valence-corrected chi connectivity index (χ1v) is 12.0. The van der Waals surface area contributed by atoms with E-state index in [9.17, 15) is 4.79 Å². The maximum Gasteiger partial charge on any atom is 0.230 e. The summed E-state index contributed by atoms with van der Waals surface area (Å²) < 4.78 is 6.97. The van der Waals surface area contributed by atoms with Crippen molar-refractivity contribution < 1.29 is 9.53 Å². The number of para-hydroxylation sites is 1. The summed E-state index contributed by atoms with van der Waals surface area (Å²) in [6.07, 6.45) is 2.14. The number of methoxy groups -OCH3 is 1. The molecule has 1 N–H and O–H groups in total. The molecule has 0 aliphatic heterocycles. The van der Waals surface area contributed by atoms with Gasteiger partial charge in [-0.15, -0.1) is 10.2 Å². The Morgan fingerprint density at radius 3 is 2.46 bits per heavy atom. The number of rotatable bonds is 7. The Balaban J connectivity index is 1.41. The highest BCUT2D eigenvalue weighted by Crippen LogP contribution is 2.35. The molecule has 9 heteroatoms. The van der Waals surface area contributed by atoms with E-state index in [2.05, 4.69) is 15.5 Å². The zero-order valence-corrected chi connectivity index (χ0v) is 20.3. The molecule has 0 spiro atoms. The molecular formula is C26H20ClN5O2S. The monoisotopic (exact) mass is 501 g/mol. The van der Waals surface area contributed by atoms with Crippen LogP contribution in [0.5, 0.6) is 5.75 Å². The van der Waals surface area contributed by atoms with Crippen molar-refractivity contribution in [1.29, 1.82) is 0 Å². The van der Waals surface area contributed by atoms with Crippen LogP contribution in [-0.2, 0) is 11.2 Å². The van der Waals surface area contributed by atoms with Crippen molar-refractivity contribution >= 4 is 34.0 Å². The van der Waals surface area contributed by atoms with E-state index in [0.717, 1.165) is 33.8 Å². The Morgan fingerprint density at radius 2 is 1.74 bits per heavy atom. The lowest BCUT2D eigenvalue weighted by atomic mass is 10.1. The van der Waals surface area contributed by atoms with Gasteiger partial charge in [0.15, 0.2) is 5.01 Å². The predicted octanol–water partition coefficient (Wildman–Crippen LogP) is 5.90. The molecule has 35 heavy (non-hydrogen) atoms. The number of carbonyl (C=O) groups excluding carboxylic acids is 1. The molecular weight excluding hydrogens is 482 g/mol. The Labute approximate surface area is 211 Å². The van der Waals surface area contributed by atoms with Crippen molar-refractivity contribution in [3.63, 3.8) is 0 Å². The molecule has 0 saturated carbocycles. The number of halogens is 1. The van der Waals surface area contributed by atoms with E-state index >= 15 is 0 Å². The van der Waals surface area contributed by atoms with Crippen molar-refractivity contribution in [3.8, 4) is 33.3 Å². The lowest BCUT2D eigenvalue weighted by molar-refractivity contribution is -0.115. The summed E-state index contributed by atoms with van der Waals surface area (Å²) in [4.78, 5) is 12.6. The van der Waals surface area contributed by atoms with Crippen LogP contribution in [0.3, 0.4) is 0 Å². The number of nitrogens with zero attached hydrogens (tertiary/aromatic N) is 4. The minimum atomic E-state index is -0.171. The number of benzene rings is 3. The highest BCUT2D eigenvalue weighted by Gasteiger charge is 2.19. The van der Waals surface area contributed by atoms with E-state index in [1.807, 2.05) is 89.7 Å². The number of hydrogen-bond acceptors (Lipinski definition) is 6. The lowest BCUT2D eigenvalue weighted by Crippen LogP contribution is -2.14. The fraction of sp³-hybridized carbons (Fsp3) is 0.0769. The normalized spacial score (nSPS) is 10.8. The van der Waals surface area contributed by atoms with Crippen LogP contribution < -0.4 is 10.1 Å². The van der Waals surface area contributed by atoms with Crippen molar-refractivity contribution in [2.24, 2.45) is 0 Å². The molecule has 3 aromatic carbocycles. The van der Waals surface area contributed by atoms with Crippen LogP contribution in [0.15, 0.2) is 85.1 Å². The van der Waals surface area contributed by atoms with Gasteiger partial charge in [0, 0.05) is 16.8 Å². The second-order valence-electron chi connectivity index (χ2n) is 7.66. The largest absolute Gasteiger partial charge is 0.497 e. The van der Waals surface area contributed by atoms with Crippen LogP contribution >= 0.6 is 22.9 Å². The lowest BCUT2D eigenvalue weighted by Gasteiger charge is -2.03. The van der Waals surface area contributed by atoms with Gasteiger partial charge in [-0.2, -0.15) is 5.10 Å². The van der Waals surface area contributed by atoms with E-state index in [1.54, 1.807) is 7.11 Å². The van der Waals surface area contributed by atoms with Crippen LogP contribution in [0.4, 0.5) is 5.13 Å². The predicted molar refractivity (Wildman–Crippen MR) is 138 cm³/mol. The molecule has 1 amide bonds. The van der Waals surface area contributed by atoms with Gasteiger partial charge in [-0.25, -0.2) is 4.68 Å². The molecule has 0 saturated heterocycles. The molecule has 7 nitrogen and oxygen atoms in total. The van der Waals surface area contributed by atoms with E-state index in [1.165, 1.54) is 11.3 Å². The molecule has 2 heterocycles. The fourth-order valence-corrected chi connectivity index (χ4v) is 4.44. The SMILES string of the molecule is COc1ccc(CC(=O)Nc2nnc(-c3cn(-c4ccccc4)nc3-c3ccc(Cl)cc3)s2)cc1. The quantitative estimate of drug-likeness (QED) is 0.300. The molecule has 5 rings (SSSR count). The van der Waals surface area contributed by atoms with Gasteiger partial charge in [-0.3, -0.25) is 4.79 Å². The van der Waals surface area contributed by atoms with Crippen LogP contribution in [0, 0.1) is 0 Å². The molecule has 0 aliphatic rings. The third-order valence-electron chi connectivity index (χ3n) is 5.28. The molecule has 0 unspecified atom stereocenters. The van der Waals surface area contributed by atoms with Gasteiger partial charge in [-0.1, -0.05) is 65.4 Å². The zero-order valence-electron chi connectivity index (χ0n) is 18.7. The van der Waals surface area contributed by atoms with Crippen molar-refractivity contribution in [1.82, 2.24) is 20.0 Å². The van der Waals surface area contributed by atoms with Gasteiger partial charge in [0.2, 0.25) is 11.0 Å². The number of amides is 1. The third-order valence-corrected chi connectivity index (χ3v) is 6.40. The number of nitrogens with one attached hydrogen (secondary N) is 1. The van der Waals surface area contributed by atoms with Crippen LogP contribution in [0.1, 0.15) is 5.56 Å². The summed E-state index contributed by atoms with van der Waals surface area (Å²) in [5, 5.41) is 17.9. The summed E-state index contributed by atoms with van der Waals surface area (Å²) in [7, 11) is 1.61. The minimum absolute atomic E-state index is 0.171. The number of anilines is 1. The third kappa shape index (κ3) is 5.24. The smallest absolute Gasteiger partial charge is 0.230 e. The van der Waals surface area contributed by atoms with Crippen molar-refractivity contribution in [3.05, 3.63) is 95.6 Å². The summed E-state index contributed by atoms with van der Waals surface area (Å²) >= 11 is 7.39. The van der Waals surface area contributed by atoms with Crippen molar-refractivity contribution in [2.75, 3.05) is 12.4 Å². The zero-order chi connectivity index (χ0) is 24.2. The average molecular weight is 502 g/mol. The highest BCUT2D eigenvalue weighted by molar-refractivity contribution is 7.18. The molecule has 5 aromatic rings. The summed E-state index contributed by atoms with van der Waals surface area (Å²) in [5.74, 6) is 0.575. The number of ether oxygens (including phenoxy) is 1. The van der Waals surface area contributed by atoms with Gasteiger partial charge in [0.1, 0.15) is 11.4 Å². The Kier molecular flexibility index (Phi) is 6.56. The second kappa shape index (κ2) is 10.1.